The lowest BCUT2D eigenvalue weighted by Crippen LogP contribution is -3.10. The lowest BCUT2D eigenvalue weighted by atomic mass is 10.0. The van der Waals surface area contributed by atoms with Gasteiger partial charge in [-0.1, -0.05) is 37.6 Å². The zero-order chi connectivity index (χ0) is 19.2. The van der Waals surface area contributed by atoms with Gasteiger partial charge in [-0.25, -0.2) is 5.41 Å². The smallest absolute Gasteiger partial charge is 0.231 e. The quantitative estimate of drug-likeness (QED) is 0.464. The topological polar surface area (TPSA) is 46.8 Å². The maximum Gasteiger partial charge on any atom is 0.231 e. The number of nitrogens with one attached hydrogen (secondary N) is 2. The number of fused-ring (bicyclic) bond motifs is 1. The molecule has 5 heteroatoms. The van der Waals surface area contributed by atoms with Crippen LogP contribution in [0, 0.1) is 5.41 Å². The largest absolute Gasteiger partial charge is 1.00 e. The summed E-state index contributed by atoms with van der Waals surface area (Å²) in [6.07, 6.45) is 2.15. The molecule has 0 aromatic heterocycles. The number of quaternary nitrogens is 1. The molecule has 4 nitrogen and oxygen atoms in total. The Balaban J connectivity index is 0.00000280. The van der Waals surface area contributed by atoms with E-state index in [-0.39, 0.29) is 12.4 Å². The summed E-state index contributed by atoms with van der Waals surface area (Å²) in [7, 11) is 3.35. The van der Waals surface area contributed by atoms with E-state index in [9.17, 15) is 0 Å². The van der Waals surface area contributed by atoms with E-state index in [1.165, 1.54) is 0 Å². The van der Waals surface area contributed by atoms with Gasteiger partial charge < -0.3 is 21.9 Å². The monoisotopic (exact) mass is 398 g/mol. The standard InChI is InChI=1S/C23H26N2O2.ClH/c1-4-5-16-25(17-10-12-18(26-2)13-11-17)23(24)21-14-15-22(27-3)20-9-7-6-8-19(20)21;/h6-15,24H,4-5,16H2,1-3H3;1H. The van der Waals surface area contributed by atoms with E-state index in [4.69, 9.17) is 14.9 Å². The van der Waals surface area contributed by atoms with Crippen LogP contribution in [0.5, 0.6) is 11.5 Å². The van der Waals surface area contributed by atoms with Crippen molar-refractivity contribution >= 4 is 22.3 Å². The fourth-order valence-corrected chi connectivity index (χ4v) is 3.39. The summed E-state index contributed by atoms with van der Waals surface area (Å²) in [6.45, 7) is 3.06. The predicted octanol–water partition coefficient (Wildman–Crippen LogP) is 1.20. The molecule has 3 aromatic carbocycles. The van der Waals surface area contributed by atoms with Crippen molar-refractivity contribution in [2.45, 2.75) is 19.8 Å². The van der Waals surface area contributed by atoms with E-state index < -0.39 is 0 Å². The Morgan fingerprint density at radius 3 is 2.18 bits per heavy atom. The van der Waals surface area contributed by atoms with E-state index in [1.54, 1.807) is 14.2 Å². The molecule has 0 radical (unpaired) electrons. The Kier molecular flexibility index (Phi) is 7.85. The van der Waals surface area contributed by atoms with Gasteiger partial charge >= 0.3 is 0 Å². The van der Waals surface area contributed by atoms with Gasteiger partial charge in [0.25, 0.3) is 0 Å². The van der Waals surface area contributed by atoms with E-state index in [1.807, 2.05) is 54.6 Å². The molecule has 28 heavy (non-hydrogen) atoms. The fourth-order valence-electron chi connectivity index (χ4n) is 3.39. The van der Waals surface area contributed by atoms with Crippen molar-refractivity contribution < 1.29 is 26.8 Å². The third-order valence-electron chi connectivity index (χ3n) is 4.89. The first-order valence-electron chi connectivity index (χ1n) is 9.34. The van der Waals surface area contributed by atoms with E-state index in [0.717, 1.165) is 57.8 Å². The maximum atomic E-state index is 9.00. The number of halogens is 1. The number of unbranched alkanes of at least 4 members (excludes halogenated alkanes) is 1. The van der Waals surface area contributed by atoms with Crippen LogP contribution in [0.3, 0.4) is 0 Å². The van der Waals surface area contributed by atoms with Crippen LogP contribution in [0.25, 0.3) is 10.8 Å². The Morgan fingerprint density at radius 2 is 1.57 bits per heavy atom. The molecule has 1 unspecified atom stereocenters. The van der Waals surface area contributed by atoms with Gasteiger partial charge in [0.1, 0.15) is 17.2 Å². The predicted molar refractivity (Wildman–Crippen MR) is 111 cm³/mol. The molecule has 0 heterocycles. The minimum absolute atomic E-state index is 0. The molecular formula is C23H27ClN2O2. The number of benzene rings is 3. The van der Waals surface area contributed by atoms with Gasteiger partial charge in [0.05, 0.1) is 26.3 Å². The van der Waals surface area contributed by atoms with Crippen LogP contribution in [-0.4, -0.2) is 26.6 Å². The summed E-state index contributed by atoms with van der Waals surface area (Å²) >= 11 is 0. The first-order valence-corrected chi connectivity index (χ1v) is 9.34. The molecule has 3 aromatic rings. The molecule has 3 rings (SSSR count). The van der Waals surface area contributed by atoms with Crippen molar-refractivity contribution in [2.75, 3.05) is 20.8 Å². The van der Waals surface area contributed by atoms with E-state index in [2.05, 4.69) is 13.0 Å². The molecule has 0 bridgehead atoms. The molecule has 0 fully saturated rings. The highest BCUT2D eigenvalue weighted by atomic mass is 35.5. The van der Waals surface area contributed by atoms with Crippen LogP contribution in [-0.2, 0) is 0 Å². The van der Waals surface area contributed by atoms with Crippen molar-refractivity contribution in [1.82, 2.24) is 0 Å². The number of amidine groups is 1. The SMILES string of the molecule is CCCC[NH+](C(=N)c1ccc(OC)c2ccccc12)c1ccc(OC)cc1.[Cl-]. The summed E-state index contributed by atoms with van der Waals surface area (Å²) in [6, 6.07) is 20.1. The van der Waals surface area contributed by atoms with Gasteiger partial charge in [-0.05, 0) is 30.7 Å². The van der Waals surface area contributed by atoms with Crippen LogP contribution in [0.2, 0.25) is 0 Å². The summed E-state index contributed by atoms with van der Waals surface area (Å²) in [5, 5.41) is 11.1. The number of ether oxygens (including phenoxy) is 2. The second-order valence-corrected chi connectivity index (χ2v) is 6.55. The maximum absolute atomic E-state index is 9.00. The van der Waals surface area contributed by atoms with Crippen LogP contribution in [0.4, 0.5) is 5.69 Å². The summed E-state index contributed by atoms with van der Waals surface area (Å²) in [5.74, 6) is 2.24. The number of hydrogen-bond acceptors (Lipinski definition) is 3. The van der Waals surface area contributed by atoms with E-state index >= 15 is 0 Å². The minimum atomic E-state index is 0. The van der Waals surface area contributed by atoms with Crippen molar-refractivity contribution in [3.05, 3.63) is 66.2 Å². The lowest BCUT2D eigenvalue weighted by Gasteiger charge is -2.20. The molecule has 1 atom stereocenters. The van der Waals surface area contributed by atoms with Crippen LogP contribution in [0.15, 0.2) is 60.7 Å². The molecule has 0 aliphatic rings. The fraction of sp³-hybridized carbons (Fsp3) is 0.261. The number of hydrogen-bond donors (Lipinski definition) is 2. The van der Waals surface area contributed by atoms with E-state index in [0.29, 0.717) is 5.84 Å². The average molecular weight is 399 g/mol. The van der Waals surface area contributed by atoms with Gasteiger partial charge in [-0.2, -0.15) is 0 Å². The third kappa shape index (κ3) is 4.46. The molecule has 0 saturated heterocycles. The average Bonchev–Trinajstić information content (AvgIpc) is 2.73. The van der Waals surface area contributed by atoms with Gasteiger partial charge in [0, 0.05) is 22.9 Å². The number of methoxy groups -OCH3 is 2. The summed E-state index contributed by atoms with van der Waals surface area (Å²) in [4.78, 5) is 1.06. The Labute approximate surface area is 173 Å². The van der Waals surface area contributed by atoms with Crippen molar-refractivity contribution in [3.8, 4) is 11.5 Å². The highest BCUT2D eigenvalue weighted by molar-refractivity contribution is 6.06. The minimum Gasteiger partial charge on any atom is -1.00 e. The van der Waals surface area contributed by atoms with Crippen LogP contribution >= 0.6 is 0 Å². The van der Waals surface area contributed by atoms with Crippen molar-refractivity contribution in [1.29, 1.82) is 5.41 Å². The second kappa shape index (κ2) is 10.1. The summed E-state index contributed by atoms with van der Waals surface area (Å²) < 4.78 is 10.8. The van der Waals surface area contributed by atoms with Crippen LogP contribution < -0.4 is 26.8 Å². The highest BCUT2D eigenvalue weighted by Crippen LogP contribution is 2.28. The van der Waals surface area contributed by atoms with Gasteiger partial charge in [0.15, 0.2) is 0 Å². The Bertz CT molecular complexity index is 926. The normalized spacial score (nSPS) is 11.5. The molecule has 0 amide bonds. The molecule has 2 N–H and O–H groups in total. The first kappa shape index (κ1) is 21.7. The van der Waals surface area contributed by atoms with Gasteiger partial charge in [0.2, 0.25) is 5.84 Å². The Hall–Kier alpha value is -2.56. The van der Waals surface area contributed by atoms with Crippen LogP contribution in [0.1, 0.15) is 25.3 Å². The molecule has 0 spiro atoms. The van der Waals surface area contributed by atoms with Gasteiger partial charge in [-0.15, -0.1) is 0 Å². The zero-order valence-electron chi connectivity index (χ0n) is 16.6. The summed E-state index contributed by atoms with van der Waals surface area (Å²) in [5.41, 5.74) is 2.02. The molecule has 0 saturated carbocycles. The zero-order valence-corrected chi connectivity index (χ0v) is 17.3. The van der Waals surface area contributed by atoms with Gasteiger partial charge in [-0.3, -0.25) is 4.90 Å². The number of rotatable bonds is 7. The molecular weight excluding hydrogens is 372 g/mol. The van der Waals surface area contributed by atoms with Crippen molar-refractivity contribution in [2.24, 2.45) is 0 Å². The Morgan fingerprint density at radius 1 is 0.893 bits per heavy atom. The highest BCUT2D eigenvalue weighted by Gasteiger charge is 2.22. The first-order chi connectivity index (χ1) is 13.2. The van der Waals surface area contributed by atoms with Crippen molar-refractivity contribution in [3.63, 3.8) is 0 Å². The molecule has 0 aliphatic heterocycles. The lowest BCUT2D eigenvalue weighted by molar-refractivity contribution is -0.732. The molecule has 0 aliphatic carbocycles. The molecule has 148 valence electrons. The second-order valence-electron chi connectivity index (χ2n) is 6.55. The third-order valence-corrected chi connectivity index (χ3v) is 4.89.